The monoisotopic (exact) mass is 362 g/mol. The Bertz CT molecular complexity index is 669. The van der Waals surface area contributed by atoms with E-state index < -0.39 is 28.3 Å². The molecule has 0 radical (unpaired) electrons. The van der Waals surface area contributed by atoms with E-state index in [9.17, 15) is 17.6 Å². The second kappa shape index (κ2) is 7.66. The molecule has 0 spiro atoms. The van der Waals surface area contributed by atoms with Crippen LogP contribution in [-0.2, 0) is 14.8 Å². The van der Waals surface area contributed by atoms with Gasteiger partial charge in [-0.25, -0.2) is 17.5 Å². The van der Waals surface area contributed by atoms with Crippen LogP contribution in [0.1, 0.15) is 20.8 Å². The first kappa shape index (κ1) is 19.3. The molecule has 1 amide bonds. The van der Waals surface area contributed by atoms with Gasteiger partial charge in [0.25, 0.3) is 5.91 Å². The zero-order valence-corrected chi connectivity index (χ0v) is 14.6. The van der Waals surface area contributed by atoms with E-state index in [-0.39, 0.29) is 15.5 Å². The van der Waals surface area contributed by atoms with Crippen LogP contribution in [0.3, 0.4) is 0 Å². The number of nitrogens with one attached hydrogen (secondary N) is 4. The summed E-state index contributed by atoms with van der Waals surface area (Å²) >= 11 is 4.96. The van der Waals surface area contributed by atoms with Crippen molar-refractivity contribution < 1.29 is 17.6 Å². The van der Waals surface area contributed by atoms with Gasteiger partial charge >= 0.3 is 0 Å². The number of amides is 1. The van der Waals surface area contributed by atoms with Crippen LogP contribution in [0.5, 0.6) is 0 Å². The highest BCUT2D eigenvalue weighted by molar-refractivity contribution is 7.89. The third-order valence-corrected chi connectivity index (χ3v) is 3.97. The molecule has 0 atom stereocenters. The molecule has 0 aromatic heterocycles. The highest BCUT2D eigenvalue weighted by Gasteiger charge is 2.16. The number of hydrogen-bond donors (Lipinski definition) is 4. The fraction of sp³-hybridized carbons (Fsp3) is 0.385. The number of carbonyl (C=O) groups excluding carboxylic acids is 1. The first-order chi connectivity index (χ1) is 10.5. The van der Waals surface area contributed by atoms with Crippen molar-refractivity contribution >= 4 is 33.3 Å². The molecule has 7 nitrogen and oxygen atoms in total. The molecule has 23 heavy (non-hydrogen) atoms. The van der Waals surface area contributed by atoms with Gasteiger partial charge in [-0.05, 0) is 57.3 Å². The van der Waals surface area contributed by atoms with Crippen LogP contribution in [0.4, 0.5) is 4.39 Å². The molecule has 0 fully saturated rings. The van der Waals surface area contributed by atoms with Gasteiger partial charge in [0.15, 0.2) is 5.11 Å². The maximum atomic E-state index is 12.8. The molecular weight excluding hydrogens is 343 g/mol. The number of hydrazine groups is 1. The molecule has 0 aliphatic rings. The Balaban J connectivity index is 2.46. The first-order valence-corrected chi connectivity index (χ1v) is 8.51. The topological polar surface area (TPSA) is 99.3 Å². The lowest BCUT2D eigenvalue weighted by atomic mass is 10.1. The van der Waals surface area contributed by atoms with E-state index in [4.69, 9.17) is 12.2 Å². The molecule has 0 bridgehead atoms. The SMILES string of the molecule is CC(C)(C)NC(=S)NNC(=O)CNS(=O)(=O)c1ccc(F)cc1. The van der Waals surface area contributed by atoms with Crippen molar-refractivity contribution in [1.29, 1.82) is 0 Å². The van der Waals surface area contributed by atoms with Crippen molar-refractivity contribution in [2.45, 2.75) is 31.2 Å². The molecule has 0 saturated carbocycles. The lowest BCUT2D eigenvalue weighted by molar-refractivity contribution is -0.120. The van der Waals surface area contributed by atoms with Crippen LogP contribution in [0.2, 0.25) is 0 Å². The quantitative estimate of drug-likeness (QED) is 0.457. The molecule has 10 heteroatoms. The van der Waals surface area contributed by atoms with Gasteiger partial charge in [-0.15, -0.1) is 0 Å². The number of thiocarbonyl (C=S) groups is 1. The predicted octanol–water partition coefficient (Wildman–Crippen LogP) is 0.398. The number of hydrogen-bond acceptors (Lipinski definition) is 4. The van der Waals surface area contributed by atoms with Crippen LogP contribution in [0.25, 0.3) is 0 Å². The van der Waals surface area contributed by atoms with Gasteiger partial charge in [0.1, 0.15) is 5.82 Å². The summed E-state index contributed by atoms with van der Waals surface area (Å²) in [5, 5.41) is 3.11. The van der Waals surface area contributed by atoms with Crippen molar-refractivity contribution in [2.75, 3.05) is 6.54 Å². The maximum absolute atomic E-state index is 12.8. The summed E-state index contributed by atoms with van der Waals surface area (Å²) in [5.41, 5.74) is 4.44. The van der Waals surface area contributed by atoms with Gasteiger partial charge < -0.3 is 5.32 Å². The molecule has 1 aromatic carbocycles. The summed E-state index contributed by atoms with van der Waals surface area (Å²) in [4.78, 5) is 11.5. The van der Waals surface area contributed by atoms with Crippen LogP contribution in [0, 0.1) is 5.82 Å². The second-order valence-electron chi connectivity index (χ2n) is 5.66. The number of benzene rings is 1. The number of sulfonamides is 1. The van der Waals surface area contributed by atoms with Crippen LogP contribution in [0.15, 0.2) is 29.2 Å². The minimum absolute atomic E-state index is 0.135. The summed E-state index contributed by atoms with van der Waals surface area (Å²) in [6.07, 6.45) is 0. The summed E-state index contributed by atoms with van der Waals surface area (Å²) in [5.74, 6) is -1.18. The number of carbonyl (C=O) groups is 1. The second-order valence-corrected chi connectivity index (χ2v) is 7.83. The Kier molecular flexibility index (Phi) is 6.42. The smallest absolute Gasteiger partial charge is 0.253 e. The van der Waals surface area contributed by atoms with Gasteiger partial charge in [-0.2, -0.15) is 0 Å². The molecule has 4 N–H and O–H groups in total. The van der Waals surface area contributed by atoms with Crippen LogP contribution in [-0.4, -0.2) is 31.5 Å². The zero-order valence-electron chi connectivity index (χ0n) is 12.9. The Morgan fingerprint density at radius 2 is 1.74 bits per heavy atom. The molecule has 0 heterocycles. The zero-order chi connectivity index (χ0) is 17.7. The van der Waals surface area contributed by atoms with Crippen molar-refractivity contribution in [2.24, 2.45) is 0 Å². The minimum Gasteiger partial charge on any atom is -0.357 e. The third kappa shape index (κ3) is 7.35. The molecule has 0 aliphatic heterocycles. The van der Waals surface area contributed by atoms with Crippen molar-refractivity contribution in [3.8, 4) is 0 Å². The van der Waals surface area contributed by atoms with E-state index >= 15 is 0 Å². The van der Waals surface area contributed by atoms with E-state index in [1.54, 1.807) is 0 Å². The molecule has 0 saturated heterocycles. The lowest BCUT2D eigenvalue weighted by Gasteiger charge is -2.23. The fourth-order valence-electron chi connectivity index (χ4n) is 1.40. The van der Waals surface area contributed by atoms with Gasteiger partial charge in [-0.1, -0.05) is 0 Å². The van der Waals surface area contributed by atoms with E-state index in [0.29, 0.717) is 0 Å². The normalized spacial score (nSPS) is 11.7. The van der Waals surface area contributed by atoms with E-state index in [1.165, 1.54) is 0 Å². The molecule has 0 unspecified atom stereocenters. The van der Waals surface area contributed by atoms with E-state index in [0.717, 1.165) is 24.3 Å². The first-order valence-electron chi connectivity index (χ1n) is 6.62. The molecule has 1 aromatic rings. The molecule has 0 aliphatic carbocycles. The minimum atomic E-state index is -3.89. The highest BCUT2D eigenvalue weighted by Crippen LogP contribution is 2.08. The largest absolute Gasteiger partial charge is 0.357 e. The van der Waals surface area contributed by atoms with Crippen LogP contribution < -0.4 is 20.9 Å². The van der Waals surface area contributed by atoms with Crippen molar-refractivity contribution in [1.82, 2.24) is 20.9 Å². The molecule has 1 rings (SSSR count). The van der Waals surface area contributed by atoms with Gasteiger partial charge in [0, 0.05) is 5.54 Å². The molecule has 128 valence electrons. The summed E-state index contributed by atoms with van der Waals surface area (Å²) in [7, 11) is -3.89. The fourth-order valence-corrected chi connectivity index (χ4v) is 2.74. The van der Waals surface area contributed by atoms with Gasteiger partial charge in [0.2, 0.25) is 10.0 Å². The molecular formula is C13H19FN4O3S2. The number of rotatable bonds is 4. The Labute approximate surface area is 140 Å². The van der Waals surface area contributed by atoms with Gasteiger partial charge in [0.05, 0.1) is 11.4 Å². The predicted molar refractivity (Wildman–Crippen MR) is 88.4 cm³/mol. The third-order valence-electron chi connectivity index (χ3n) is 2.35. The van der Waals surface area contributed by atoms with Gasteiger partial charge in [-0.3, -0.25) is 15.6 Å². The van der Waals surface area contributed by atoms with E-state index in [1.807, 2.05) is 20.8 Å². The number of halogens is 1. The highest BCUT2D eigenvalue weighted by atomic mass is 32.2. The van der Waals surface area contributed by atoms with Crippen molar-refractivity contribution in [3.05, 3.63) is 30.1 Å². The standard InChI is InChI=1S/C13H19FN4O3S2/c1-13(2,3)16-12(22)18-17-11(19)8-15-23(20,21)10-6-4-9(14)5-7-10/h4-7,15H,8H2,1-3H3,(H,17,19)(H2,16,18,22). The summed E-state index contributed by atoms with van der Waals surface area (Å²) < 4.78 is 38.7. The Hall–Kier alpha value is -1.78. The lowest BCUT2D eigenvalue weighted by Crippen LogP contribution is -2.53. The maximum Gasteiger partial charge on any atom is 0.253 e. The average Bonchev–Trinajstić information content (AvgIpc) is 2.41. The Morgan fingerprint density at radius 3 is 2.26 bits per heavy atom. The van der Waals surface area contributed by atoms with E-state index in [2.05, 4.69) is 20.9 Å². The summed E-state index contributed by atoms with van der Waals surface area (Å²) in [6, 6.07) is 4.26. The summed E-state index contributed by atoms with van der Waals surface area (Å²) in [6.45, 7) is 5.17. The van der Waals surface area contributed by atoms with Crippen molar-refractivity contribution in [3.63, 3.8) is 0 Å². The van der Waals surface area contributed by atoms with Crippen LogP contribution >= 0.6 is 12.2 Å². The average molecular weight is 362 g/mol. The Morgan fingerprint density at radius 1 is 1.17 bits per heavy atom.